The van der Waals surface area contributed by atoms with Gasteiger partial charge in [0.15, 0.2) is 0 Å². The van der Waals surface area contributed by atoms with E-state index >= 15 is 0 Å². The Kier molecular flexibility index (Phi) is 4.68. The van der Waals surface area contributed by atoms with Crippen LogP contribution in [0.5, 0.6) is 0 Å². The molecule has 6 nitrogen and oxygen atoms in total. The van der Waals surface area contributed by atoms with Crippen molar-refractivity contribution < 1.29 is 9.32 Å². The number of nitrogens with two attached hydrogens (primary N) is 1. The fourth-order valence-electron chi connectivity index (χ4n) is 3.53. The Morgan fingerprint density at radius 3 is 2.74 bits per heavy atom. The maximum absolute atomic E-state index is 12.4. The highest BCUT2D eigenvalue weighted by molar-refractivity contribution is 6.30. The van der Waals surface area contributed by atoms with Crippen molar-refractivity contribution in [1.82, 2.24) is 15.0 Å². The van der Waals surface area contributed by atoms with E-state index in [-0.39, 0.29) is 17.9 Å². The number of carbonyl (C=O) groups is 1. The van der Waals surface area contributed by atoms with Gasteiger partial charge in [0, 0.05) is 30.6 Å². The predicted molar refractivity (Wildman–Crippen MR) is 102 cm³/mol. The van der Waals surface area contributed by atoms with Crippen molar-refractivity contribution in [3.63, 3.8) is 0 Å². The van der Waals surface area contributed by atoms with Crippen LogP contribution in [0.1, 0.15) is 35.4 Å². The summed E-state index contributed by atoms with van der Waals surface area (Å²) in [7, 11) is 1.79. The largest absolute Gasteiger partial charge is 0.339 e. The number of likely N-dealkylation sites (tertiary alicyclic amines) is 1. The van der Waals surface area contributed by atoms with Gasteiger partial charge in [-0.15, -0.1) is 0 Å². The van der Waals surface area contributed by atoms with Crippen molar-refractivity contribution >= 4 is 17.5 Å². The van der Waals surface area contributed by atoms with Crippen LogP contribution < -0.4 is 5.73 Å². The molecule has 2 N–H and O–H groups in total. The number of likely N-dealkylation sites (N-methyl/N-ethyl adjacent to an activating group) is 1. The monoisotopic (exact) mass is 382 g/mol. The highest BCUT2D eigenvalue weighted by atomic mass is 35.5. The van der Waals surface area contributed by atoms with E-state index in [2.05, 4.69) is 10.1 Å². The second-order valence-corrected chi connectivity index (χ2v) is 7.11. The summed E-state index contributed by atoms with van der Waals surface area (Å²) in [5.74, 6) is 0.776. The molecule has 2 unspecified atom stereocenters. The van der Waals surface area contributed by atoms with Gasteiger partial charge in [-0.3, -0.25) is 4.79 Å². The molecule has 0 bridgehead atoms. The van der Waals surface area contributed by atoms with Crippen LogP contribution in [0, 0.1) is 0 Å². The number of aromatic nitrogens is 2. The first-order valence-electron chi connectivity index (χ1n) is 8.71. The van der Waals surface area contributed by atoms with Crippen molar-refractivity contribution in [2.24, 2.45) is 5.73 Å². The van der Waals surface area contributed by atoms with Crippen molar-refractivity contribution in [1.29, 1.82) is 0 Å². The molecule has 2 heterocycles. The van der Waals surface area contributed by atoms with E-state index in [4.69, 9.17) is 21.9 Å². The molecule has 1 saturated heterocycles. The lowest BCUT2D eigenvalue weighted by molar-refractivity contribution is -0.127. The molecule has 1 aliphatic heterocycles. The van der Waals surface area contributed by atoms with Crippen LogP contribution in [0.2, 0.25) is 5.02 Å². The van der Waals surface area contributed by atoms with Crippen LogP contribution >= 0.6 is 11.6 Å². The normalized spacial score (nSPS) is 19.7. The van der Waals surface area contributed by atoms with Crippen LogP contribution in [0.4, 0.5) is 0 Å². The molecule has 0 radical (unpaired) electrons. The zero-order valence-electron chi connectivity index (χ0n) is 14.8. The van der Waals surface area contributed by atoms with Crippen LogP contribution in [0.3, 0.4) is 0 Å². The fourth-order valence-corrected chi connectivity index (χ4v) is 3.73. The first kappa shape index (κ1) is 17.7. The molecule has 3 aromatic rings. The molecule has 0 aliphatic carbocycles. The summed E-state index contributed by atoms with van der Waals surface area (Å²) in [4.78, 5) is 18.6. The summed E-state index contributed by atoms with van der Waals surface area (Å²) >= 11 is 6.15. The third-order valence-electron chi connectivity index (χ3n) is 4.98. The first-order valence-corrected chi connectivity index (χ1v) is 9.08. The molecule has 0 saturated carbocycles. The van der Waals surface area contributed by atoms with Crippen molar-refractivity contribution in [2.75, 3.05) is 7.05 Å². The zero-order valence-corrected chi connectivity index (χ0v) is 15.6. The van der Waals surface area contributed by atoms with E-state index < -0.39 is 0 Å². The lowest BCUT2D eigenvalue weighted by Crippen LogP contribution is -2.24. The molecule has 1 amide bonds. The molecule has 2 aromatic carbocycles. The van der Waals surface area contributed by atoms with Gasteiger partial charge in [0.05, 0.1) is 12.0 Å². The minimum Gasteiger partial charge on any atom is -0.339 e. The van der Waals surface area contributed by atoms with Crippen LogP contribution in [0.25, 0.3) is 11.4 Å². The number of carbonyl (C=O) groups excluding carboxylic acids is 1. The maximum Gasteiger partial charge on any atom is 0.233 e. The number of nitrogens with zero attached hydrogens (tertiary/aromatic N) is 3. The van der Waals surface area contributed by atoms with Gasteiger partial charge >= 0.3 is 0 Å². The second kappa shape index (κ2) is 7.13. The number of hydrogen-bond donors (Lipinski definition) is 1. The average molecular weight is 383 g/mol. The Bertz CT molecular complexity index is 970. The summed E-state index contributed by atoms with van der Waals surface area (Å²) in [6.07, 6.45) is 0.321. The summed E-state index contributed by atoms with van der Waals surface area (Å²) in [5.41, 5.74) is 8.47. The minimum absolute atomic E-state index is 0.0389. The van der Waals surface area contributed by atoms with Crippen LogP contribution in [0.15, 0.2) is 53.1 Å². The van der Waals surface area contributed by atoms with Gasteiger partial charge in [0.1, 0.15) is 0 Å². The molecule has 4 rings (SSSR count). The molecule has 1 aliphatic rings. The number of benzene rings is 2. The number of rotatable bonds is 4. The lowest BCUT2D eigenvalue weighted by Gasteiger charge is -2.23. The maximum atomic E-state index is 12.4. The lowest BCUT2D eigenvalue weighted by atomic mass is 9.93. The first-order chi connectivity index (χ1) is 13.1. The topological polar surface area (TPSA) is 85.2 Å². The standard InChI is InChI=1S/C20H19ClN4O2/c1-25-17(26)10-16(18(25)14-3-2-4-15(21)9-14)20-23-19(24-27-20)13-7-5-12(11-22)6-8-13/h2-9,16,18H,10-11,22H2,1H3. The van der Waals surface area contributed by atoms with E-state index in [1.807, 2.05) is 48.5 Å². The highest BCUT2D eigenvalue weighted by Gasteiger charge is 2.42. The van der Waals surface area contributed by atoms with Crippen LogP contribution in [-0.4, -0.2) is 28.0 Å². The van der Waals surface area contributed by atoms with Gasteiger partial charge in [0.2, 0.25) is 17.6 Å². The quantitative estimate of drug-likeness (QED) is 0.746. The molecule has 7 heteroatoms. The van der Waals surface area contributed by atoms with Gasteiger partial charge in [-0.2, -0.15) is 4.98 Å². The Hall–Kier alpha value is -2.70. The fraction of sp³-hybridized carbons (Fsp3) is 0.250. The molecule has 0 spiro atoms. The van der Waals surface area contributed by atoms with Gasteiger partial charge < -0.3 is 15.2 Å². The molecule has 2 atom stereocenters. The number of amides is 1. The summed E-state index contributed by atoms with van der Waals surface area (Å²) in [6, 6.07) is 15.0. The van der Waals surface area contributed by atoms with Gasteiger partial charge in [0.25, 0.3) is 0 Å². The molecule has 1 aromatic heterocycles. The third kappa shape index (κ3) is 3.34. The third-order valence-corrected chi connectivity index (χ3v) is 5.22. The Labute approximate surface area is 161 Å². The minimum atomic E-state index is -0.217. The van der Waals surface area contributed by atoms with E-state index in [0.29, 0.717) is 29.7 Å². The van der Waals surface area contributed by atoms with E-state index in [1.165, 1.54) is 0 Å². The second-order valence-electron chi connectivity index (χ2n) is 6.67. The van der Waals surface area contributed by atoms with Gasteiger partial charge in [-0.05, 0) is 23.3 Å². The summed E-state index contributed by atoms with van der Waals surface area (Å²) in [6.45, 7) is 0.482. The molecule has 1 fully saturated rings. The highest BCUT2D eigenvalue weighted by Crippen LogP contribution is 2.43. The molecular formula is C20H19ClN4O2. The molecular weight excluding hydrogens is 364 g/mol. The van der Waals surface area contributed by atoms with E-state index in [0.717, 1.165) is 16.7 Å². The Morgan fingerprint density at radius 1 is 1.26 bits per heavy atom. The van der Waals surface area contributed by atoms with Crippen LogP contribution in [-0.2, 0) is 11.3 Å². The number of halogens is 1. The predicted octanol–water partition coefficient (Wildman–Crippen LogP) is 3.54. The summed E-state index contributed by atoms with van der Waals surface area (Å²) < 4.78 is 5.54. The van der Waals surface area contributed by atoms with E-state index in [1.54, 1.807) is 11.9 Å². The Balaban J connectivity index is 1.67. The van der Waals surface area contributed by atoms with Gasteiger partial charge in [-0.25, -0.2) is 0 Å². The Morgan fingerprint density at radius 2 is 2.04 bits per heavy atom. The van der Waals surface area contributed by atoms with Crippen molar-refractivity contribution in [3.8, 4) is 11.4 Å². The van der Waals surface area contributed by atoms with Gasteiger partial charge in [-0.1, -0.05) is 53.2 Å². The van der Waals surface area contributed by atoms with Crippen molar-refractivity contribution in [2.45, 2.75) is 24.9 Å². The van der Waals surface area contributed by atoms with E-state index in [9.17, 15) is 4.79 Å². The number of hydrogen-bond acceptors (Lipinski definition) is 5. The molecule has 138 valence electrons. The molecule has 27 heavy (non-hydrogen) atoms. The average Bonchev–Trinajstić information content (AvgIpc) is 3.27. The summed E-state index contributed by atoms with van der Waals surface area (Å²) in [5, 5.41) is 4.74. The van der Waals surface area contributed by atoms with Crippen molar-refractivity contribution in [3.05, 3.63) is 70.6 Å². The SMILES string of the molecule is CN1C(=O)CC(c2nc(-c3ccc(CN)cc3)no2)C1c1cccc(Cl)c1. The zero-order chi connectivity index (χ0) is 19.0. The smallest absolute Gasteiger partial charge is 0.233 e.